The van der Waals surface area contributed by atoms with Crippen molar-refractivity contribution in [3.8, 4) is 44.5 Å². The Kier molecular flexibility index (Phi) is 5.58. The highest BCUT2D eigenvalue weighted by atomic mass is 14.6. The molecule has 2 heterocycles. The summed E-state index contributed by atoms with van der Waals surface area (Å²) in [5, 5.41) is 7.99. The molecule has 2 aromatic heterocycles. The Labute approximate surface area is 262 Å². The Morgan fingerprint density at radius 3 is 1.44 bits per heavy atom. The minimum absolute atomic E-state index is 0.179. The summed E-state index contributed by atoms with van der Waals surface area (Å²) in [5.74, 6) is 0. The number of hydrogen-bond donors (Lipinski definition) is 0. The second kappa shape index (κ2) is 9.70. The third kappa shape index (κ3) is 3.89. The molecule has 45 heavy (non-hydrogen) atoms. The van der Waals surface area contributed by atoms with Crippen molar-refractivity contribution >= 4 is 32.3 Å². The van der Waals surface area contributed by atoms with Crippen molar-refractivity contribution in [1.82, 2.24) is 9.97 Å². The fourth-order valence-electron chi connectivity index (χ4n) is 7.70. The summed E-state index contributed by atoms with van der Waals surface area (Å²) < 4.78 is 0. The van der Waals surface area contributed by atoms with Gasteiger partial charge in [0.05, 0.1) is 0 Å². The first-order valence-corrected chi connectivity index (χ1v) is 15.6. The third-order valence-electron chi connectivity index (χ3n) is 9.81. The molecule has 0 aliphatic heterocycles. The van der Waals surface area contributed by atoms with E-state index in [0.717, 1.165) is 11.1 Å². The molecule has 0 atom stereocenters. The second-order valence-electron chi connectivity index (χ2n) is 12.7. The number of nitrogens with zero attached hydrogens (tertiary/aromatic N) is 2. The summed E-state index contributed by atoms with van der Waals surface area (Å²) in [6.45, 7) is 4.81. The SMILES string of the molecule is CC1(C)c2cc(-c3cc(-c4ccncc4)cc(-c4ccncc4)c3)ccc2-c2ccc3c4ccccc4c4ccccc4c3c21. The zero-order valence-corrected chi connectivity index (χ0v) is 25.3. The lowest BCUT2D eigenvalue weighted by Crippen LogP contribution is -2.15. The van der Waals surface area contributed by atoms with E-state index in [2.05, 4.69) is 145 Å². The lowest BCUT2D eigenvalue weighted by molar-refractivity contribution is 0.667. The van der Waals surface area contributed by atoms with Gasteiger partial charge in [-0.2, -0.15) is 0 Å². The Bertz CT molecular complexity index is 2350. The molecule has 0 N–H and O–H groups in total. The smallest absolute Gasteiger partial charge is 0.0273 e. The van der Waals surface area contributed by atoms with Crippen LogP contribution < -0.4 is 0 Å². The van der Waals surface area contributed by atoms with Crippen molar-refractivity contribution in [3.05, 3.63) is 157 Å². The summed E-state index contributed by atoms with van der Waals surface area (Å²) in [6, 6.07) is 44.8. The summed E-state index contributed by atoms with van der Waals surface area (Å²) in [5.41, 5.74) is 12.4. The molecule has 212 valence electrons. The van der Waals surface area contributed by atoms with E-state index in [4.69, 9.17) is 0 Å². The number of fused-ring (bicyclic) bond motifs is 10. The maximum Gasteiger partial charge on any atom is 0.0273 e. The largest absolute Gasteiger partial charge is 0.265 e. The van der Waals surface area contributed by atoms with Gasteiger partial charge in [-0.3, -0.25) is 9.97 Å². The first kappa shape index (κ1) is 25.9. The molecule has 2 nitrogen and oxygen atoms in total. The van der Waals surface area contributed by atoms with Gasteiger partial charge in [0.2, 0.25) is 0 Å². The zero-order chi connectivity index (χ0) is 30.1. The molecular formula is C43H30N2. The molecule has 1 aliphatic carbocycles. The van der Waals surface area contributed by atoms with Crippen molar-refractivity contribution in [2.24, 2.45) is 0 Å². The topological polar surface area (TPSA) is 25.8 Å². The van der Waals surface area contributed by atoms with E-state index < -0.39 is 0 Å². The normalized spacial score (nSPS) is 13.3. The summed E-state index contributed by atoms with van der Waals surface area (Å²) >= 11 is 0. The van der Waals surface area contributed by atoms with Crippen LogP contribution in [0, 0.1) is 0 Å². The van der Waals surface area contributed by atoms with Gasteiger partial charge < -0.3 is 0 Å². The van der Waals surface area contributed by atoms with Gasteiger partial charge in [-0.1, -0.05) is 86.6 Å². The van der Waals surface area contributed by atoms with E-state index >= 15 is 0 Å². The second-order valence-corrected chi connectivity index (χ2v) is 12.7. The highest BCUT2D eigenvalue weighted by Gasteiger charge is 2.38. The molecule has 0 radical (unpaired) electrons. The van der Waals surface area contributed by atoms with Crippen molar-refractivity contribution in [2.45, 2.75) is 19.3 Å². The molecule has 0 amide bonds. The quantitative estimate of drug-likeness (QED) is 0.196. The van der Waals surface area contributed by atoms with Crippen LogP contribution in [0.2, 0.25) is 0 Å². The number of benzene rings is 6. The molecule has 0 unspecified atom stereocenters. The molecule has 9 rings (SSSR count). The molecule has 0 saturated heterocycles. The van der Waals surface area contributed by atoms with Crippen LogP contribution >= 0.6 is 0 Å². The van der Waals surface area contributed by atoms with Crippen LogP contribution in [0.25, 0.3) is 76.8 Å². The zero-order valence-electron chi connectivity index (χ0n) is 25.3. The third-order valence-corrected chi connectivity index (χ3v) is 9.81. The van der Waals surface area contributed by atoms with E-state index in [0.29, 0.717) is 0 Å². The average molecular weight is 575 g/mol. The maximum absolute atomic E-state index is 4.26. The van der Waals surface area contributed by atoms with Gasteiger partial charge in [-0.25, -0.2) is 0 Å². The van der Waals surface area contributed by atoms with Crippen LogP contribution in [0.4, 0.5) is 0 Å². The Morgan fingerprint density at radius 1 is 0.400 bits per heavy atom. The molecular weight excluding hydrogens is 544 g/mol. The molecule has 1 aliphatic rings. The van der Waals surface area contributed by atoms with Gasteiger partial charge in [-0.15, -0.1) is 0 Å². The Morgan fingerprint density at radius 2 is 0.867 bits per heavy atom. The fraction of sp³-hybridized carbons (Fsp3) is 0.0698. The van der Waals surface area contributed by atoms with Crippen molar-refractivity contribution in [2.75, 3.05) is 0 Å². The summed E-state index contributed by atoms with van der Waals surface area (Å²) in [7, 11) is 0. The monoisotopic (exact) mass is 574 g/mol. The Hall–Kier alpha value is -5.60. The first-order valence-electron chi connectivity index (χ1n) is 15.6. The Balaban J connectivity index is 1.27. The maximum atomic E-state index is 4.26. The standard InChI is InChI=1S/C43H30N2/c1-43(2)40-26-29(32-24-30(27-15-19-44-20-16-27)23-31(25-32)28-17-21-45-22-18-28)11-12-36(40)39-14-13-38-35-9-4-3-7-33(35)34-8-5-6-10-37(34)41(38)42(39)43/h3-26H,1-2H3. The van der Waals surface area contributed by atoms with Crippen LogP contribution in [-0.4, -0.2) is 9.97 Å². The van der Waals surface area contributed by atoms with Crippen LogP contribution in [0.15, 0.2) is 146 Å². The predicted molar refractivity (Wildman–Crippen MR) is 188 cm³/mol. The first-order chi connectivity index (χ1) is 22.1. The van der Waals surface area contributed by atoms with Gasteiger partial charge in [0.25, 0.3) is 0 Å². The van der Waals surface area contributed by atoms with Gasteiger partial charge in [0, 0.05) is 30.2 Å². The highest BCUT2D eigenvalue weighted by molar-refractivity contribution is 6.27. The lowest BCUT2D eigenvalue weighted by atomic mass is 9.78. The molecule has 0 saturated carbocycles. The van der Waals surface area contributed by atoms with Crippen LogP contribution in [0.5, 0.6) is 0 Å². The van der Waals surface area contributed by atoms with Crippen LogP contribution in [0.1, 0.15) is 25.0 Å². The van der Waals surface area contributed by atoms with Crippen LogP contribution in [-0.2, 0) is 5.41 Å². The number of hydrogen-bond acceptors (Lipinski definition) is 2. The molecule has 8 aromatic rings. The van der Waals surface area contributed by atoms with E-state index in [1.165, 1.54) is 76.8 Å². The minimum Gasteiger partial charge on any atom is -0.265 e. The molecule has 0 spiro atoms. The predicted octanol–water partition coefficient (Wildman–Crippen LogP) is 11.2. The van der Waals surface area contributed by atoms with Crippen molar-refractivity contribution in [1.29, 1.82) is 0 Å². The molecule has 2 heteroatoms. The number of aromatic nitrogens is 2. The van der Waals surface area contributed by atoms with E-state index in [9.17, 15) is 0 Å². The molecule has 6 aromatic carbocycles. The highest BCUT2D eigenvalue weighted by Crippen LogP contribution is 2.54. The van der Waals surface area contributed by atoms with Gasteiger partial charge in [-0.05, 0) is 136 Å². The molecule has 0 fully saturated rings. The van der Waals surface area contributed by atoms with Gasteiger partial charge in [0.15, 0.2) is 0 Å². The van der Waals surface area contributed by atoms with E-state index in [1.54, 1.807) is 0 Å². The fourth-order valence-corrected chi connectivity index (χ4v) is 7.70. The van der Waals surface area contributed by atoms with Crippen LogP contribution in [0.3, 0.4) is 0 Å². The summed E-state index contributed by atoms with van der Waals surface area (Å²) in [6.07, 6.45) is 7.45. The lowest BCUT2D eigenvalue weighted by Gasteiger charge is -2.25. The van der Waals surface area contributed by atoms with Crippen molar-refractivity contribution in [3.63, 3.8) is 0 Å². The minimum atomic E-state index is -0.179. The van der Waals surface area contributed by atoms with Gasteiger partial charge in [0.1, 0.15) is 0 Å². The molecule has 0 bridgehead atoms. The van der Waals surface area contributed by atoms with E-state index in [-0.39, 0.29) is 5.41 Å². The summed E-state index contributed by atoms with van der Waals surface area (Å²) in [4.78, 5) is 8.51. The van der Waals surface area contributed by atoms with E-state index in [1.807, 2.05) is 24.8 Å². The number of pyridine rings is 2. The van der Waals surface area contributed by atoms with Gasteiger partial charge >= 0.3 is 0 Å². The average Bonchev–Trinajstić information content (AvgIpc) is 3.34. The number of rotatable bonds is 3. The van der Waals surface area contributed by atoms with Crippen molar-refractivity contribution < 1.29 is 0 Å².